The molecule has 3 rings (SSSR count). The van der Waals surface area contributed by atoms with Gasteiger partial charge in [-0.3, -0.25) is 4.79 Å². The topological polar surface area (TPSA) is 66.8 Å². The van der Waals surface area contributed by atoms with Gasteiger partial charge in [0.1, 0.15) is 11.6 Å². The van der Waals surface area contributed by atoms with Crippen molar-refractivity contribution in [3.05, 3.63) is 77.4 Å². The highest BCUT2D eigenvalue weighted by atomic mass is 16.6. The van der Waals surface area contributed by atoms with Crippen molar-refractivity contribution in [2.24, 2.45) is 0 Å². The van der Waals surface area contributed by atoms with E-state index in [1.54, 1.807) is 6.08 Å². The van der Waals surface area contributed by atoms with E-state index in [0.717, 1.165) is 16.7 Å². The molecule has 0 bridgehead atoms. The monoisotopic (exact) mass is 431 g/mol. The number of aliphatic hydroxyl groups is 1. The Morgan fingerprint density at radius 1 is 1.25 bits per heavy atom. The van der Waals surface area contributed by atoms with Gasteiger partial charge < -0.3 is 9.84 Å². The number of carbonyl (C=O) groups excluding carboxylic acids is 2. The van der Waals surface area contributed by atoms with Gasteiger partial charge in [-0.25, -0.2) is 9.69 Å². The molecule has 1 saturated heterocycles. The van der Waals surface area contributed by atoms with Crippen molar-refractivity contribution in [1.82, 2.24) is 4.90 Å². The van der Waals surface area contributed by atoms with E-state index in [4.69, 9.17) is 16.3 Å². The number of rotatable bonds is 8. The maximum atomic E-state index is 13.5. The second kappa shape index (κ2) is 10.3. The summed E-state index contributed by atoms with van der Waals surface area (Å²) in [6, 6.07) is 16.8. The van der Waals surface area contributed by atoms with E-state index in [1.165, 1.54) is 4.90 Å². The molecule has 0 radical (unpaired) electrons. The summed E-state index contributed by atoms with van der Waals surface area (Å²) >= 11 is 0. The van der Waals surface area contributed by atoms with Crippen LogP contribution in [0.2, 0.25) is 0 Å². The molecule has 0 spiro atoms. The lowest BCUT2D eigenvalue weighted by atomic mass is 9.88. The van der Waals surface area contributed by atoms with Crippen LogP contribution in [0.15, 0.2) is 60.7 Å². The molecule has 0 unspecified atom stereocenters. The second-order valence-corrected chi connectivity index (χ2v) is 8.45. The highest BCUT2D eigenvalue weighted by Crippen LogP contribution is 2.42. The molecule has 1 heterocycles. The van der Waals surface area contributed by atoms with Gasteiger partial charge in [-0.2, -0.15) is 0 Å². The van der Waals surface area contributed by atoms with Crippen molar-refractivity contribution in [1.29, 1.82) is 0 Å². The van der Waals surface area contributed by atoms with E-state index in [-0.39, 0.29) is 24.9 Å². The lowest BCUT2D eigenvalue weighted by Crippen LogP contribution is -2.38. The minimum absolute atomic E-state index is 0.0447. The summed E-state index contributed by atoms with van der Waals surface area (Å²) in [7, 11) is 0. The molecule has 166 valence electrons. The van der Waals surface area contributed by atoms with Crippen molar-refractivity contribution < 1.29 is 19.4 Å². The van der Waals surface area contributed by atoms with Crippen LogP contribution in [0.25, 0.3) is 6.08 Å². The molecule has 32 heavy (non-hydrogen) atoms. The fourth-order valence-corrected chi connectivity index (χ4v) is 4.24. The summed E-state index contributed by atoms with van der Waals surface area (Å²) < 4.78 is 5.58. The number of aliphatic hydroxyl groups excluding tert-OH is 1. The van der Waals surface area contributed by atoms with Crippen LogP contribution in [0.5, 0.6) is 0 Å². The number of amides is 2. The number of terminal acetylenes is 1. The number of nitrogens with zero attached hydrogens (tertiary/aromatic N) is 1. The molecule has 0 saturated carbocycles. The van der Waals surface area contributed by atoms with Gasteiger partial charge in [0.05, 0.1) is 6.61 Å². The Hall–Kier alpha value is -3.36. The second-order valence-electron chi connectivity index (χ2n) is 8.45. The van der Waals surface area contributed by atoms with Gasteiger partial charge in [0.2, 0.25) is 5.91 Å². The molecule has 0 aromatic heterocycles. The van der Waals surface area contributed by atoms with E-state index in [2.05, 4.69) is 5.92 Å². The number of carbonyl (C=O) groups is 2. The zero-order valence-corrected chi connectivity index (χ0v) is 18.5. The van der Waals surface area contributed by atoms with Crippen LogP contribution >= 0.6 is 0 Å². The zero-order valence-electron chi connectivity index (χ0n) is 18.5. The Bertz CT molecular complexity index is 1020. The molecule has 1 N–H and O–H groups in total. The van der Waals surface area contributed by atoms with Crippen LogP contribution in [0.1, 0.15) is 61.8 Å². The summed E-state index contributed by atoms with van der Waals surface area (Å²) in [6.45, 7) is 3.60. The van der Waals surface area contributed by atoms with E-state index in [9.17, 15) is 9.59 Å². The van der Waals surface area contributed by atoms with Gasteiger partial charge in [0, 0.05) is 12.8 Å². The third-order valence-electron chi connectivity index (χ3n) is 5.70. The molecule has 2 atom stereocenters. The van der Waals surface area contributed by atoms with E-state index >= 15 is 0 Å². The Morgan fingerprint density at radius 2 is 2.00 bits per heavy atom. The first-order valence-corrected chi connectivity index (χ1v) is 10.8. The maximum absolute atomic E-state index is 13.5. The van der Waals surface area contributed by atoms with E-state index < -0.39 is 17.7 Å². The molecule has 1 aliphatic heterocycles. The largest absolute Gasteiger partial charge is 0.440 e. The van der Waals surface area contributed by atoms with Crippen LogP contribution in [-0.4, -0.2) is 34.2 Å². The smallest absolute Gasteiger partial charge is 0.417 e. The lowest BCUT2D eigenvalue weighted by Gasteiger charge is -2.29. The molecular weight excluding hydrogens is 402 g/mol. The number of hydrogen-bond donors (Lipinski definition) is 1. The first-order chi connectivity index (χ1) is 15.4. The lowest BCUT2D eigenvalue weighted by molar-refractivity contribution is -0.130. The van der Waals surface area contributed by atoms with Crippen molar-refractivity contribution in [3.8, 4) is 12.3 Å². The SMILES string of the molecule is C#CCC[C@H](CC(=O)N1C(=O)OC(C)(C)[C@H]1c1ccccc1)c1cccc(/C=C/CO)c1. The maximum Gasteiger partial charge on any atom is 0.417 e. The third kappa shape index (κ3) is 5.27. The first kappa shape index (κ1) is 23.3. The van der Waals surface area contributed by atoms with Gasteiger partial charge in [-0.15, -0.1) is 12.3 Å². The Kier molecular flexibility index (Phi) is 7.50. The van der Waals surface area contributed by atoms with E-state index in [0.29, 0.717) is 12.8 Å². The van der Waals surface area contributed by atoms with E-state index in [1.807, 2.05) is 74.5 Å². The quantitative estimate of drug-likeness (QED) is 0.592. The highest BCUT2D eigenvalue weighted by Gasteiger charge is 2.51. The molecular formula is C27H29NO4. The summed E-state index contributed by atoms with van der Waals surface area (Å²) in [6.07, 6.45) is 9.65. The number of hydrogen-bond acceptors (Lipinski definition) is 4. The number of cyclic esters (lactones) is 1. The van der Waals surface area contributed by atoms with Crippen LogP contribution in [0, 0.1) is 12.3 Å². The van der Waals surface area contributed by atoms with Gasteiger partial charge in [0.25, 0.3) is 0 Å². The zero-order chi connectivity index (χ0) is 23.1. The summed E-state index contributed by atoms with van der Waals surface area (Å²) in [5.74, 6) is 2.22. The van der Waals surface area contributed by atoms with Crippen molar-refractivity contribution in [2.45, 2.75) is 50.7 Å². The number of benzene rings is 2. The summed E-state index contributed by atoms with van der Waals surface area (Å²) in [4.78, 5) is 27.5. The highest BCUT2D eigenvalue weighted by molar-refractivity contribution is 5.94. The molecule has 5 nitrogen and oxygen atoms in total. The molecule has 2 aromatic carbocycles. The van der Waals surface area contributed by atoms with Gasteiger partial charge in [-0.1, -0.05) is 66.7 Å². The van der Waals surface area contributed by atoms with Gasteiger partial charge in [-0.05, 0) is 42.9 Å². The molecule has 2 amide bonds. The third-order valence-corrected chi connectivity index (χ3v) is 5.70. The molecule has 1 fully saturated rings. The van der Waals surface area contributed by atoms with Gasteiger partial charge >= 0.3 is 6.09 Å². The van der Waals surface area contributed by atoms with Crippen LogP contribution in [0.3, 0.4) is 0 Å². The molecule has 5 heteroatoms. The van der Waals surface area contributed by atoms with Crippen LogP contribution in [-0.2, 0) is 9.53 Å². The minimum Gasteiger partial charge on any atom is -0.440 e. The number of imide groups is 1. The van der Waals surface area contributed by atoms with Crippen molar-refractivity contribution in [2.75, 3.05) is 6.61 Å². The Balaban J connectivity index is 1.89. The summed E-state index contributed by atoms with van der Waals surface area (Å²) in [5, 5.41) is 9.05. The normalized spacial score (nSPS) is 18.4. The fraction of sp³-hybridized carbons (Fsp3) is 0.333. The standard InChI is InChI=1S/C27H29NO4/c1-4-5-13-23(22-16-9-11-20(18-22)12-10-17-29)19-24(30)28-25(21-14-7-6-8-15-21)27(2,3)32-26(28)31/h1,6-12,14-16,18,23,25,29H,5,13,17,19H2,2-3H3/b12-10+/t23-,25-/m1/s1. The van der Waals surface area contributed by atoms with Crippen molar-refractivity contribution >= 4 is 18.1 Å². The molecule has 0 aliphatic carbocycles. The first-order valence-electron chi connectivity index (χ1n) is 10.8. The number of ether oxygens (including phenoxy) is 1. The van der Waals surface area contributed by atoms with Gasteiger partial charge in [0.15, 0.2) is 0 Å². The van der Waals surface area contributed by atoms with Crippen molar-refractivity contribution in [3.63, 3.8) is 0 Å². The van der Waals surface area contributed by atoms with Crippen LogP contribution < -0.4 is 0 Å². The Labute approximate surface area is 189 Å². The fourth-order valence-electron chi connectivity index (χ4n) is 4.24. The average Bonchev–Trinajstić information content (AvgIpc) is 3.03. The summed E-state index contributed by atoms with van der Waals surface area (Å²) in [5.41, 5.74) is 1.92. The predicted molar refractivity (Wildman–Crippen MR) is 125 cm³/mol. The minimum atomic E-state index is -0.836. The van der Waals surface area contributed by atoms with Crippen LogP contribution in [0.4, 0.5) is 4.79 Å². The Morgan fingerprint density at radius 3 is 2.69 bits per heavy atom. The average molecular weight is 432 g/mol. The molecule has 2 aromatic rings. The predicted octanol–water partition coefficient (Wildman–Crippen LogP) is 5.08. The molecule has 1 aliphatic rings.